The molecule has 1 unspecified atom stereocenters. The Balaban J connectivity index is 1.29. The number of fused-ring (bicyclic) bond motifs is 1. The first-order valence-corrected chi connectivity index (χ1v) is 11.0. The molecule has 31 heavy (non-hydrogen) atoms. The lowest BCUT2D eigenvalue weighted by atomic mass is 10.1. The molecule has 6 heteroatoms. The lowest BCUT2D eigenvalue weighted by Crippen LogP contribution is -2.30. The fraction of sp³-hybridized carbons (Fsp3) is 0.400. The number of nitrogens with zero attached hydrogens (tertiary/aromatic N) is 2. The van der Waals surface area contributed by atoms with Crippen molar-refractivity contribution < 1.29 is 14.4 Å². The summed E-state index contributed by atoms with van der Waals surface area (Å²) in [6, 6.07) is 11.8. The minimum atomic E-state index is -0.380. The van der Waals surface area contributed by atoms with Crippen molar-refractivity contribution in [2.75, 3.05) is 28.2 Å². The van der Waals surface area contributed by atoms with Gasteiger partial charge in [-0.15, -0.1) is 0 Å². The Hall–Kier alpha value is -3.15. The van der Waals surface area contributed by atoms with Crippen molar-refractivity contribution in [1.82, 2.24) is 0 Å². The molecule has 2 aromatic rings. The van der Waals surface area contributed by atoms with Crippen LogP contribution in [0.1, 0.15) is 36.0 Å². The Labute approximate surface area is 182 Å². The number of benzene rings is 2. The molecule has 6 nitrogen and oxygen atoms in total. The van der Waals surface area contributed by atoms with Crippen molar-refractivity contribution >= 4 is 34.8 Å². The van der Waals surface area contributed by atoms with Gasteiger partial charge in [0.15, 0.2) is 0 Å². The third-order valence-electron chi connectivity index (χ3n) is 6.60. The first-order chi connectivity index (χ1) is 14.9. The molecule has 0 radical (unpaired) electrons. The molecule has 1 saturated heterocycles. The highest BCUT2D eigenvalue weighted by molar-refractivity contribution is 6.04. The molecule has 2 aromatic carbocycles. The second kappa shape index (κ2) is 7.52. The number of aryl methyl sites for hydroxylation is 2. The van der Waals surface area contributed by atoms with Gasteiger partial charge in [-0.05, 0) is 68.5 Å². The number of carbonyl (C=O) groups excluding carboxylic acids is 3. The summed E-state index contributed by atoms with van der Waals surface area (Å²) in [5.74, 6) is -0.113. The van der Waals surface area contributed by atoms with E-state index in [9.17, 15) is 14.4 Å². The van der Waals surface area contributed by atoms with Crippen molar-refractivity contribution in [3.63, 3.8) is 0 Å². The van der Waals surface area contributed by atoms with Gasteiger partial charge in [-0.3, -0.25) is 14.4 Å². The summed E-state index contributed by atoms with van der Waals surface area (Å²) < 4.78 is 0. The van der Waals surface area contributed by atoms with E-state index in [-0.39, 0.29) is 36.0 Å². The molecule has 3 amide bonds. The molecule has 1 aliphatic carbocycles. The molecule has 1 saturated carbocycles. The van der Waals surface area contributed by atoms with Crippen molar-refractivity contribution in [2.45, 2.75) is 39.5 Å². The summed E-state index contributed by atoms with van der Waals surface area (Å²) in [5, 5.41) is 2.99. The standard InChI is InChI=1S/C25H27N3O3/c1-15-3-7-21(16(2)11-15)26-24(30)19-13-23(29)28(14-19)20-6-8-22-18(12-20)9-10-27(22)25(31)17-4-5-17/h3,6-8,11-12,17,19H,4-5,9-10,13-14H2,1-2H3,(H,26,30). The molecule has 2 aliphatic heterocycles. The molecule has 1 atom stereocenters. The van der Waals surface area contributed by atoms with Gasteiger partial charge in [0, 0.05) is 42.5 Å². The predicted octanol–water partition coefficient (Wildman–Crippen LogP) is 3.59. The van der Waals surface area contributed by atoms with Crippen LogP contribution in [0.5, 0.6) is 0 Å². The SMILES string of the molecule is Cc1ccc(NC(=O)C2CC(=O)N(c3ccc4c(c3)CCN4C(=O)C3CC3)C2)c(C)c1. The topological polar surface area (TPSA) is 69.7 Å². The van der Waals surface area contributed by atoms with Crippen LogP contribution in [0.15, 0.2) is 36.4 Å². The summed E-state index contributed by atoms with van der Waals surface area (Å²) in [7, 11) is 0. The third kappa shape index (κ3) is 3.71. The average molecular weight is 418 g/mol. The maximum Gasteiger partial charge on any atom is 0.230 e. The van der Waals surface area contributed by atoms with E-state index < -0.39 is 0 Å². The van der Waals surface area contributed by atoms with Gasteiger partial charge in [0.1, 0.15) is 0 Å². The van der Waals surface area contributed by atoms with Gasteiger partial charge in [-0.25, -0.2) is 0 Å². The Bertz CT molecular complexity index is 1090. The van der Waals surface area contributed by atoms with E-state index in [0.717, 1.165) is 53.0 Å². The summed E-state index contributed by atoms with van der Waals surface area (Å²) in [4.78, 5) is 41.6. The third-order valence-corrected chi connectivity index (χ3v) is 6.60. The normalized spacial score (nSPS) is 20.2. The molecular weight excluding hydrogens is 390 g/mol. The predicted molar refractivity (Wildman–Crippen MR) is 120 cm³/mol. The van der Waals surface area contributed by atoms with Crippen molar-refractivity contribution in [1.29, 1.82) is 0 Å². The zero-order valence-corrected chi connectivity index (χ0v) is 18.0. The average Bonchev–Trinajstić information content (AvgIpc) is 3.40. The molecule has 2 fully saturated rings. The largest absolute Gasteiger partial charge is 0.326 e. The highest BCUT2D eigenvalue weighted by atomic mass is 16.2. The highest BCUT2D eigenvalue weighted by Crippen LogP contribution is 2.38. The second-order valence-corrected chi connectivity index (χ2v) is 9.04. The van der Waals surface area contributed by atoms with E-state index in [1.54, 1.807) is 4.90 Å². The Morgan fingerprint density at radius 3 is 2.58 bits per heavy atom. The van der Waals surface area contributed by atoms with Crippen LogP contribution in [0.3, 0.4) is 0 Å². The zero-order chi connectivity index (χ0) is 21.7. The molecule has 0 bridgehead atoms. The summed E-state index contributed by atoms with van der Waals surface area (Å²) in [6.07, 6.45) is 3.01. The van der Waals surface area contributed by atoms with Gasteiger partial charge in [-0.1, -0.05) is 17.7 Å². The Morgan fingerprint density at radius 2 is 1.84 bits per heavy atom. The number of anilines is 3. The van der Waals surface area contributed by atoms with Crippen LogP contribution < -0.4 is 15.1 Å². The second-order valence-electron chi connectivity index (χ2n) is 9.04. The van der Waals surface area contributed by atoms with E-state index in [1.807, 2.05) is 55.1 Å². The Kier molecular flexibility index (Phi) is 4.80. The number of hydrogen-bond donors (Lipinski definition) is 1. The lowest BCUT2D eigenvalue weighted by Gasteiger charge is -2.20. The molecule has 0 aromatic heterocycles. The van der Waals surface area contributed by atoms with E-state index in [2.05, 4.69) is 5.32 Å². The molecule has 2 heterocycles. The van der Waals surface area contributed by atoms with Crippen LogP contribution in [0.2, 0.25) is 0 Å². The molecule has 3 aliphatic rings. The maximum atomic E-state index is 12.8. The van der Waals surface area contributed by atoms with E-state index >= 15 is 0 Å². The van der Waals surface area contributed by atoms with Gasteiger partial charge in [0.2, 0.25) is 17.7 Å². The minimum absolute atomic E-state index is 0.0374. The number of nitrogens with one attached hydrogen (secondary N) is 1. The lowest BCUT2D eigenvalue weighted by molar-refractivity contribution is -0.122. The van der Waals surface area contributed by atoms with E-state index in [1.165, 1.54) is 0 Å². The molecule has 160 valence electrons. The van der Waals surface area contributed by atoms with Crippen LogP contribution >= 0.6 is 0 Å². The van der Waals surface area contributed by atoms with Gasteiger partial charge >= 0.3 is 0 Å². The fourth-order valence-electron chi connectivity index (χ4n) is 4.66. The quantitative estimate of drug-likeness (QED) is 0.827. The van der Waals surface area contributed by atoms with E-state index in [4.69, 9.17) is 0 Å². The monoisotopic (exact) mass is 417 g/mol. The maximum absolute atomic E-state index is 12.8. The van der Waals surface area contributed by atoms with Crippen LogP contribution in [0.25, 0.3) is 0 Å². The van der Waals surface area contributed by atoms with Gasteiger partial charge in [-0.2, -0.15) is 0 Å². The van der Waals surface area contributed by atoms with Crippen molar-refractivity contribution in [3.8, 4) is 0 Å². The number of amides is 3. The van der Waals surface area contributed by atoms with Crippen molar-refractivity contribution in [2.24, 2.45) is 11.8 Å². The number of carbonyl (C=O) groups is 3. The molecule has 1 N–H and O–H groups in total. The number of hydrogen-bond acceptors (Lipinski definition) is 3. The van der Waals surface area contributed by atoms with Crippen LogP contribution in [0, 0.1) is 25.7 Å². The zero-order valence-electron chi connectivity index (χ0n) is 18.0. The van der Waals surface area contributed by atoms with Gasteiger partial charge in [0.25, 0.3) is 0 Å². The molecular formula is C25H27N3O3. The fourth-order valence-corrected chi connectivity index (χ4v) is 4.66. The van der Waals surface area contributed by atoms with Crippen LogP contribution in [0.4, 0.5) is 17.1 Å². The first-order valence-electron chi connectivity index (χ1n) is 11.0. The Morgan fingerprint density at radius 1 is 1.03 bits per heavy atom. The minimum Gasteiger partial charge on any atom is -0.326 e. The molecule has 5 rings (SSSR count). The summed E-state index contributed by atoms with van der Waals surface area (Å²) >= 11 is 0. The number of rotatable bonds is 4. The van der Waals surface area contributed by atoms with Crippen molar-refractivity contribution in [3.05, 3.63) is 53.1 Å². The van der Waals surface area contributed by atoms with Crippen LogP contribution in [-0.2, 0) is 20.8 Å². The highest BCUT2D eigenvalue weighted by Gasteiger charge is 2.38. The summed E-state index contributed by atoms with van der Waals surface area (Å²) in [5.41, 5.74) is 5.83. The van der Waals surface area contributed by atoms with Gasteiger partial charge < -0.3 is 15.1 Å². The van der Waals surface area contributed by atoms with Gasteiger partial charge in [0.05, 0.1) is 5.92 Å². The smallest absolute Gasteiger partial charge is 0.230 e. The summed E-state index contributed by atoms with van der Waals surface area (Å²) in [6.45, 7) is 5.07. The molecule has 0 spiro atoms. The van der Waals surface area contributed by atoms with Crippen LogP contribution in [-0.4, -0.2) is 30.8 Å². The first kappa shape index (κ1) is 19.8. The van der Waals surface area contributed by atoms with E-state index in [0.29, 0.717) is 13.1 Å².